The van der Waals surface area contributed by atoms with Crippen molar-refractivity contribution in [3.05, 3.63) is 33.9 Å². The van der Waals surface area contributed by atoms with Crippen LogP contribution in [0.5, 0.6) is 0 Å². The summed E-state index contributed by atoms with van der Waals surface area (Å²) in [6.07, 6.45) is 10.9. The summed E-state index contributed by atoms with van der Waals surface area (Å²) in [4.78, 5) is 39.5. The lowest BCUT2D eigenvalue weighted by Crippen LogP contribution is -2.31. The third-order valence-electron chi connectivity index (χ3n) is 7.81. The summed E-state index contributed by atoms with van der Waals surface area (Å²) < 4.78 is 1.80. The largest absolute Gasteiger partial charge is 0.475 e. The number of hydrogen-bond acceptors (Lipinski definition) is 6. The number of nitrogens with one attached hydrogen (secondary N) is 2. The van der Waals surface area contributed by atoms with E-state index in [4.69, 9.17) is 0 Å². The first-order chi connectivity index (χ1) is 17.6. The maximum absolute atomic E-state index is 12.2. The predicted molar refractivity (Wildman–Crippen MR) is 146 cm³/mol. The maximum atomic E-state index is 12.2. The summed E-state index contributed by atoms with van der Waals surface area (Å²) in [5.74, 6) is 1.18. The second-order valence-electron chi connectivity index (χ2n) is 11.1. The van der Waals surface area contributed by atoms with Gasteiger partial charge in [0, 0.05) is 19.2 Å². The minimum Gasteiger partial charge on any atom is -0.475 e. The number of pyridine rings is 1. The van der Waals surface area contributed by atoms with E-state index < -0.39 is 5.97 Å². The molecule has 0 aromatic carbocycles. The number of carbonyl (C=O) groups is 1. The van der Waals surface area contributed by atoms with Gasteiger partial charge in [0.1, 0.15) is 5.52 Å². The lowest BCUT2D eigenvalue weighted by molar-refractivity contribution is 0.0684. The number of aromatic nitrogens is 5. The number of H-pyrrole nitrogens is 1. The monoisotopic (exact) mass is 508 g/mol. The molecule has 0 aliphatic heterocycles. The van der Waals surface area contributed by atoms with E-state index in [0.717, 1.165) is 24.3 Å². The number of imidazole rings is 1. The normalized spacial score (nSPS) is 17.2. The van der Waals surface area contributed by atoms with Gasteiger partial charge in [-0.05, 0) is 49.1 Å². The van der Waals surface area contributed by atoms with Crippen LogP contribution in [-0.4, -0.2) is 41.6 Å². The van der Waals surface area contributed by atoms with Crippen molar-refractivity contribution in [2.45, 2.75) is 91.0 Å². The molecular weight excluding hydrogens is 468 g/mol. The second kappa shape index (κ2) is 11.4. The Hall–Kier alpha value is -3.23. The van der Waals surface area contributed by atoms with E-state index in [9.17, 15) is 14.7 Å². The van der Waals surface area contributed by atoms with Crippen molar-refractivity contribution in [1.29, 1.82) is 0 Å². The molecule has 0 bridgehead atoms. The van der Waals surface area contributed by atoms with Crippen LogP contribution in [-0.2, 0) is 7.05 Å². The average molecular weight is 509 g/mol. The van der Waals surface area contributed by atoms with E-state index in [1.54, 1.807) is 10.6 Å². The molecule has 3 heterocycles. The Morgan fingerprint density at radius 1 is 1.05 bits per heavy atom. The predicted octanol–water partition coefficient (Wildman–Crippen LogP) is 5.73. The van der Waals surface area contributed by atoms with Crippen molar-refractivity contribution in [2.75, 3.05) is 5.32 Å². The van der Waals surface area contributed by atoms with E-state index in [-0.39, 0.29) is 29.0 Å². The van der Waals surface area contributed by atoms with E-state index in [0.29, 0.717) is 28.8 Å². The molecule has 200 valence electrons. The van der Waals surface area contributed by atoms with Crippen molar-refractivity contribution in [3.8, 4) is 11.5 Å². The van der Waals surface area contributed by atoms with Crippen LogP contribution in [0.3, 0.4) is 0 Å². The first-order valence-corrected chi connectivity index (χ1v) is 13.6. The number of nitrogens with zero attached hydrogens (tertiary/aromatic N) is 4. The minimum absolute atomic E-state index is 0.154. The van der Waals surface area contributed by atoms with Gasteiger partial charge in [0.15, 0.2) is 17.3 Å². The molecule has 0 unspecified atom stereocenters. The molecule has 2 saturated carbocycles. The van der Waals surface area contributed by atoms with Crippen molar-refractivity contribution in [1.82, 2.24) is 24.5 Å². The van der Waals surface area contributed by atoms with Crippen molar-refractivity contribution in [3.63, 3.8) is 0 Å². The highest BCUT2D eigenvalue weighted by Gasteiger charge is 2.27. The Bertz CT molecular complexity index is 1300. The molecular formula is C28H40N6O3. The van der Waals surface area contributed by atoms with Crippen LogP contribution in [0, 0.1) is 11.8 Å². The Kier molecular flexibility index (Phi) is 8.29. The van der Waals surface area contributed by atoms with Gasteiger partial charge in [-0.2, -0.15) is 0 Å². The van der Waals surface area contributed by atoms with Crippen molar-refractivity contribution in [2.24, 2.45) is 18.9 Å². The second-order valence-corrected chi connectivity index (χ2v) is 11.1. The number of carboxylic acid groups (broad SMARTS) is 1. The summed E-state index contributed by atoms with van der Waals surface area (Å²) in [6.45, 7) is 8.47. The molecule has 2 aliphatic rings. The lowest BCUT2D eigenvalue weighted by atomic mass is 9.80. The fraction of sp³-hybridized carbons (Fsp3) is 0.607. The highest BCUT2D eigenvalue weighted by Crippen LogP contribution is 2.33. The van der Waals surface area contributed by atoms with Crippen LogP contribution in [0.25, 0.3) is 22.7 Å². The van der Waals surface area contributed by atoms with Gasteiger partial charge in [-0.1, -0.05) is 59.3 Å². The summed E-state index contributed by atoms with van der Waals surface area (Å²) in [6, 6.07) is 3.62. The zero-order valence-corrected chi connectivity index (χ0v) is 22.7. The number of hydrogen-bond donors (Lipinski definition) is 3. The highest BCUT2D eigenvalue weighted by molar-refractivity contribution is 5.92. The van der Waals surface area contributed by atoms with E-state index in [2.05, 4.69) is 39.1 Å². The quantitative estimate of drug-likeness (QED) is 0.388. The fourth-order valence-corrected chi connectivity index (χ4v) is 5.15. The summed E-state index contributed by atoms with van der Waals surface area (Å²) >= 11 is 0. The Labute approximate surface area is 218 Å². The third kappa shape index (κ3) is 6.19. The van der Waals surface area contributed by atoms with Gasteiger partial charge < -0.3 is 20.0 Å². The molecule has 1 atom stereocenters. The lowest BCUT2D eigenvalue weighted by Gasteiger charge is -2.32. The van der Waals surface area contributed by atoms with Gasteiger partial charge in [-0.25, -0.2) is 19.7 Å². The first kappa shape index (κ1) is 26.8. The van der Waals surface area contributed by atoms with Gasteiger partial charge in [-0.3, -0.25) is 4.79 Å². The molecule has 0 amide bonds. The first-order valence-electron chi connectivity index (χ1n) is 13.6. The number of rotatable bonds is 6. The highest BCUT2D eigenvalue weighted by atomic mass is 16.4. The summed E-state index contributed by atoms with van der Waals surface area (Å²) in [5, 5.41) is 12.8. The Morgan fingerprint density at radius 2 is 1.76 bits per heavy atom. The molecule has 9 nitrogen and oxygen atoms in total. The van der Waals surface area contributed by atoms with Crippen LogP contribution in [0.2, 0.25) is 0 Å². The number of carboxylic acids is 1. The third-order valence-corrected chi connectivity index (χ3v) is 7.81. The number of aromatic amines is 1. The number of aryl methyl sites for hydroxylation is 1. The van der Waals surface area contributed by atoms with E-state index >= 15 is 0 Å². The minimum atomic E-state index is -1.21. The molecule has 0 spiro atoms. The van der Waals surface area contributed by atoms with Crippen LogP contribution in [0.1, 0.15) is 101 Å². The van der Waals surface area contributed by atoms with Gasteiger partial charge in [0.2, 0.25) is 11.4 Å². The zero-order chi connectivity index (χ0) is 26.7. The molecule has 5 rings (SSSR count). The molecule has 2 fully saturated rings. The van der Waals surface area contributed by atoms with Crippen LogP contribution in [0.15, 0.2) is 16.9 Å². The smallest absolute Gasteiger partial charge is 0.374 e. The fourth-order valence-electron chi connectivity index (χ4n) is 5.15. The number of aromatic carboxylic acids is 1. The molecule has 0 saturated heterocycles. The van der Waals surface area contributed by atoms with E-state index in [1.807, 2.05) is 27.0 Å². The summed E-state index contributed by atoms with van der Waals surface area (Å²) in [7, 11) is 1.81. The van der Waals surface area contributed by atoms with Crippen LogP contribution in [0.4, 0.5) is 5.82 Å². The van der Waals surface area contributed by atoms with Gasteiger partial charge in [0.05, 0.1) is 5.69 Å². The van der Waals surface area contributed by atoms with Gasteiger partial charge in [0.25, 0.3) is 0 Å². The topological polar surface area (TPSA) is 126 Å². The zero-order valence-electron chi connectivity index (χ0n) is 22.7. The average Bonchev–Trinajstić information content (AvgIpc) is 3.15. The molecule has 0 radical (unpaired) electrons. The van der Waals surface area contributed by atoms with Crippen LogP contribution >= 0.6 is 0 Å². The number of fused-ring (bicyclic) bond motifs is 1. The summed E-state index contributed by atoms with van der Waals surface area (Å²) in [5.41, 5.74) is 2.13. The van der Waals surface area contributed by atoms with E-state index in [1.165, 1.54) is 38.5 Å². The Morgan fingerprint density at radius 3 is 2.30 bits per heavy atom. The SMILES string of the molecule is CC(C)c1cc(-c2nc3nc(C(=O)O)nc(N[C@H](C)C4CCC4)c3n2C)[nH]c(=O)c1.CC1CCCCC1. The Balaban J connectivity index is 0.000000396. The van der Waals surface area contributed by atoms with Gasteiger partial charge >= 0.3 is 5.97 Å². The molecule has 9 heteroatoms. The molecule has 2 aliphatic carbocycles. The molecule has 3 aromatic heterocycles. The molecule has 3 N–H and O–H groups in total. The van der Waals surface area contributed by atoms with Crippen molar-refractivity contribution < 1.29 is 9.90 Å². The standard InChI is InChI=1S/C21H26N6O3.C7H14/c1-10(2)13-8-14(23-15(28)9-13)20-26-18-16(27(20)4)17(24-19(25-18)21(29)30)22-11(3)12-6-5-7-12;1-7-5-3-2-4-6-7/h8-12H,5-7H2,1-4H3,(H,23,28)(H,29,30)(H,22,24,25);7H,2-6H2,1H3/t11-;/m1./s1. The number of anilines is 1. The molecule has 3 aromatic rings. The molecule has 37 heavy (non-hydrogen) atoms. The van der Waals surface area contributed by atoms with Gasteiger partial charge in [-0.15, -0.1) is 0 Å². The maximum Gasteiger partial charge on any atom is 0.374 e. The van der Waals surface area contributed by atoms with Crippen molar-refractivity contribution >= 4 is 23.0 Å². The van der Waals surface area contributed by atoms with Crippen LogP contribution < -0.4 is 10.9 Å².